The minimum absolute atomic E-state index is 0.0544. The zero-order valence-corrected chi connectivity index (χ0v) is 71.7. The second-order valence-corrected chi connectivity index (χ2v) is 45.9. The zero-order chi connectivity index (χ0) is 72.2. The molecular weight excluding hydrogens is 1150 g/mol. The summed E-state index contributed by atoms with van der Waals surface area (Å²) in [5, 5.41) is 2.71. The molecule has 1 aromatic rings. The van der Waals surface area contributed by atoms with Gasteiger partial charge in [-0.25, -0.2) is 0 Å². The van der Waals surface area contributed by atoms with Crippen LogP contribution in [-0.2, 0) is 34.8 Å². The highest BCUT2D eigenvalue weighted by Crippen LogP contribution is 2.47. The van der Waals surface area contributed by atoms with Crippen molar-refractivity contribution in [3.05, 3.63) is 35.9 Å². The first-order valence-electron chi connectivity index (χ1n) is 33.6. The molecule has 0 aromatic heterocycles. The second kappa shape index (κ2) is 82.2. The number of esters is 1. The molecule has 1 N–H and O–H groups in total. The number of ketones is 1. The number of carbonyl (C=O) groups is 3. The topological polar surface area (TPSA) is 98.8 Å². The summed E-state index contributed by atoms with van der Waals surface area (Å²) in [4.78, 5) is 30.6. The SMILES string of the molecule is C=[P+](C)CC(C)C.CC.CC.CC.CC(=O)CC(C)C.CC(=O)NCC(C)C.CC(=O)OCC(C)C.CC(C)C.CC(C)CP(C)(C)=O.CC(C)C[P+](C)(C)C.CC(C)C[Si](C)(C)C.CC(C)Cc1ccccc1.COCC(C)C.CSCC(C)C. The van der Waals surface area contributed by atoms with E-state index in [2.05, 4.69) is 231 Å². The Balaban J connectivity index is -0.0000000617. The van der Waals surface area contributed by atoms with Crippen molar-refractivity contribution in [2.24, 2.45) is 65.1 Å². The van der Waals surface area contributed by atoms with E-state index in [0.717, 1.165) is 61.2 Å². The zero-order valence-electron chi connectivity index (χ0n) is 67.2. The highest BCUT2D eigenvalue weighted by atomic mass is 32.2. The van der Waals surface area contributed by atoms with E-state index in [1.807, 2.05) is 94.3 Å². The lowest BCUT2D eigenvalue weighted by Crippen LogP contribution is -2.24. The molecule has 0 aliphatic rings. The Hall–Kier alpha value is -0.813. The lowest BCUT2D eigenvalue weighted by atomic mass is 10.0. The molecule has 1 unspecified atom stereocenters. The fourth-order valence-electron chi connectivity index (χ4n) is 6.78. The Morgan fingerprint density at radius 2 is 1.00 bits per heavy atom. The molecule has 1 aromatic carbocycles. The maximum absolute atomic E-state index is 11.0. The number of ether oxygens (including phenoxy) is 2. The molecular formula is C74H168NO6P3SSi+2. The fourth-order valence-corrected chi connectivity index (χ4v) is 15.1. The molecule has 0 heterocycles. The maximum Gasteiger partial charge on any atom is 0.302 e. The predicted molar refractivity (Wildman–Crippen MR) is 421 cm³/mol. The summed E-state index contributed by atoms with van der Waals surface area (Å²) in [7, 11) is -1.08. The van der Waals surface area contributed by atoms with Crippen LogP contribution in [0.25, 0.3) is 0 Å². The van der Waals surface area contributed by atoms with E-state index >= 15 is 0 Å². The Bertz CT molecular complexity index is 1420. The van der Waals surface area contributed by atoms with Crippen LogP contribution >= 0.6 is 33.7 Å². The third-order valence-electron chi connectivity index (χ3n) is 7.98. The first-order chi connectivity index (χ1) is 38.8. The minimum atomic E-state index is -1.72. The summed E-state index contributed by atoms with van der Waals surface area (Å²) in [5.41, 5.74) is 1.44. The molecule has 7 nitrogen and oxygen atoms in total. The second-order valence-electron chi connectivity index (χ2n) is 28.9. The van der Waals surface area contributed by atoms with Gasteiger partial charge in [-0.05, 0) is 109 Å². The highest BCUT2D eigenvalue weighted by Gasteiger charge is 2.18. The average Bonchev–Trinajstić information content (AvgIpc) is 3.28. The molecule has 12 heteroatoms. The largest absolute Gasteiger partial charge is 0.466 e. The van der Waals surface area contributed by atoms with Crippen LogP contribution in [0.4, 0.5) is 0 Å². The van der Waals surface area contributed by atoms with Crippen molar-refractivity contribution in [1.29, 1.82) is 0 Å². The first-order valence-corrected chi connectivity index (χ1v) is 46.9. The number of methoxy groups -OCH3 is 1. The van der Waals surface area contributed by atoms with Crippen LogP contribution in [0.5, 0.6) is 0 Å². The Labute approximate surface area is 554 Å². The van der Waals surface area contributed by atoms with Crippen LogP contribution in [0.2, 0.25) is 25.7 Å². The van der Waals surface area contributed by atoms with Crippen molar-refractivity contribution in [2.75, 3.05) is 97.4 Å². The average molecular weight is 1320 g/mol. The monoisotopic (exact) mass is 1320 g/mol. The molecule has 86 heavy (non-hydrogen) atoms. The van der Waals surface area contributed by atoms with E-state index in [1.54, 1.807) is 14.0 Å². The van der Waals surface area contributed by atoms with Crippen molar-refractivity contribution < 1.29 is 28.4 Å². The van der Waals surface area contributed by atoms with E-state index in [4.69, 9.17) is 4.74 Å². The van der Waals surface area contributed by atoms with Crippen LogP contribution in [0.3, 0.4) is 0 Å². The molecule has 528 valence electrons. The molecule has 1 rings (SSSR count). The van der Waals surface area contributed by atoms with Gasteiger partial charge in [0.1, 0.15) is 11.9 Å². The van der Waals surface area contributed by atoms with E-state index in [9.17, 15) is 18.9 Å². The third kappa shape index (κ3) is 223. The quantitative estimate of drug-likeness (QED) is 0.0789. The summed E-state index contributed by atoms with van der Waals surface area (Å²) in [5.74, 6) is 9.31. The number of carbonyl (C=O) groups excluding carboxylic acids is 3. The molecule has 1 atom stereocenters. The fraction of sp³-hybridized carbons (Fsp3) is 0.865. The van der Waals surface area contributed by atoms with Crippen LogP contribution in [0.15, 0.2) is 30.3 Å². The van der Waals surface area contributed by atoms with Gasteiger partial charge in [0.05, 0.1) is 40.4 Å². The predicted octanol–water partition coefficient (Wildman–Crippen LogP) is 24.5. The molecule has 0 radical (unpaired) electrons. The van der Waals surface area contributed by atoms with Crippen molar-refractivity contribution in [3.63, 3.8) is 0 Å². The normalized spacial score (nSPS) is 10.3. The molecule has 0 aliphatic heterocycles. The van der Waals surface area contributed by atoms with Gasteiger partial charge in [-0.3, -0.25) is 9.59 Å². The Morgan fingerprint density at radius 1 is 0.605 bits per heavy atom. The summed E-state index contributed by atoms with van der Waals surface area (Å²) >= 11 is 1.91. The van der Waals surface area contributed by atoms with Gasteiger partial charge in [0.25, 0.3) is 0 Å². The molecule has 0 aliphatic carbocycles. The van der Waals surface area contributed by atoms with E-state index in [-0.39, 0.29) is 25.2 Å². The van der Waals surface area contributed by atoms with Gasteiger partial charge < -0.3 is 24.2 Å². The van der Waals surface area contributed by atoms with E-state index in [1.165, 1.54) is 50.0 Å². The van der Waals surface area contributed by atoms with Crippen LogP contribution < -0.4 is 5.32 Å². The van der Waals surface area contributed by atoms with Crippen molar-refractivity contribution in [2.45, 2.75) is 260 Å². The summed E-state index contributed by atoms with van der Waals surface area (Å²) in [6.07, 6.45) is 11.6. The van der Waals surface area contributed by atoms with Gasteiger partial charge in [0.15, 0.2) is 0 Å². The van der Waals surface area contributed by atoms with Crippen LogP contribution in [-0.4, -0.2) is 129 Å². The van der Waals surface area contributed by atoms with Crippen LogP contribution in [0.1, 0.15) is 234 Å². The number of benzene rings is 1. The minimum Gasteiger partial charge on any atom is -0.466 e. The number of hydrogen-bond acceptors (Lipinski definition) is 7. The van der Waals surface area contributed by atoms with Gasteiger partial charge in [0, 0.05) is 82.0 Å². The number of amides is 1. The number of thioether (sulfide) groups is 1. The molecule has 0 saturated carbocycles. The van der Waals surface area contributed by atoms with Gasteiger partial charge in [-0.15, -0.1) is 0 Å². The van der Waals surface area contributed by atoms with Crippen molar-refractivity contribution >= 4 is 65.7 Å². The molecule has 0 fully saturated rings. The Morgan fingerprint density at radius 3 is 1.08 bits per heavy atom. The van der Waals surface area contributed by atoms with E-state index < -0.39 is 22.5 Å². The van der Waals surface area contributed by atoms with Crippen molar-refractivity contribution in [1.82, 2.24) is 5.32 Å². The summed E-state index contributed by atoms with van der Waals surface area (Å²) < 4.78 is 20.5. The van der Waals surface area contributed by atoms with Gasteiger partial charge in [-0.1, -0.05) is 257 Å². The number of nitrogens with one attached hydrogen (secondary N) is 1. The lowest BCUT2D eigenvalue weighted by molar-refractivity contribution is -0.142. The molecule has 0 saturated heterocycles. The summed E-state index contributed by atoms with van der Waals surface area (Å²) in [6.45, 7) is 88.9. The standard InChI is InChI=1S/C10H14.C7H18P.C7H18Si.C6H13NO.C6H12O2.C6H15OP.C6H12O.C6H14P.C5H12O.C5H12S.C4H10.3C2H6/c1-9(2)8-10-6-4-3-5-7-10;2*1-7(2)6-8(3,4)5;1-5(2)4-7-6(3)8;1-5(2)4-8-6(3)7;1-6(2)5-8(3,4)7;1-5(2)4-6(3)7;1-6(2)5-7(3)4;2*1-5(2)4-6-3;1-4(2)3;3*1-2/h3-7,9H,8H2,1-2H3;2*7H,6H2,1-5H3;5H,4H2,1-3H3,(H,7,8);5H,4H2,1-3H3;6H,5H2,1-4H3;5H,4H2,1-3H3;6H,3,5H2,1-2,4H3;2*5H,4H2,1-3H3;4H,1-3H3;3*1-2H3/q;+1;;;;;;+1;;;;;;. The summed E-state index contributed by atoms with van der Waals surface area (Å²) in [6, 6.07) is 12.1. The van der Waals surface area contributed by atoms with Crippen molar-refractivity contribution in [3.8, 4) is 0 Å². The molecule has 0 bridgehead atoms. The highest BCUT2D eigenvalue weighted by molar-refractivity contribution is 7.98. The lowest BCUT2D eigenvalue weighted by Gasteiger charge is -2.17. The van der Waals surface area contributed by atoms with Gasteiger partial charge >= 0.3 is 5.97 Å². The number of hydrogen-bond donors (Lipinski definition) is 1. The van der Waals surface area contributed by atoms with Crippen LogP contribution in [0, 0.1) is 65.1 Å². The van der Waals surface area contributed by atoms with Gasteiger partial charge in [0.2, 0.25) is 5.91 Å². The number of Topliss-reactive ketones (excluding diaryl/α,β-unsaturated/α-hetero) is 1. The smallest absolute Gasteiger partial charge is 0.302 e. The Kier molecular flexibility index (Phi) is 111. The molecule has 0 spiro atoms. The third-order valence-corrected chi connectivity index (χ3v) is 15.8. The molecule has 1 amide bonds. The van der Waals surface area contributed by atoms with E-state index in [0.29, 0.717) is 36.2 Å². The van der Waals surface area contributed by atoms with Gasteiger partial charge in [-0.2, -0.15) is 11.8 Å². The number of rotatable bonds is 20. The maximum atomic E-state index is 11.0. The first kappa shape index (κ1) is 116.